The Morgan fingerprint density at radius 3 is 2.80 bits per heavy atom. The summed E-state index contributed by atoms with van der Waals surface area (Å²) >= 11 is 0. The molecule has 1 rings (SSSR count). The Morgan fingerprint density at radius 1 is 1.45 bits per heavy atom. The maximum Gasteiger partial charge on any atom is 0.254 e. The van der Waals surface area contributed by atoms with E-state index in [0.29, 0.717) is 13.2 Å². The first kappa shape index (κ1) is 15.9. The number of nitrogens with one attached hydrogen (secondary N) is 2. The lowest BCUT2D eigenvalue weighted by Gasteiger charge is -2.14. The minimum atomic E-state index is -0.762. The Kier molecular flexibility index (Phi) is 5.92. The molecule has 1 aromatic carbocycles. The lowest BCUT2D eigenvalue weighted by Crippen LogP contribution is -2.45. The van der Waals surface area contributed by atoms with Crippen LogP contribution < -0.4 is 16.4 Å². The summed E-state index contributed by atoms with van der Waals surface area (Å²) in [4.78, 5) is 23.5. The molecule has 4 N–H and O–H groups in total. The van der Waals surface area contributed by atoms with E-state index in [0.717, 1.165) is 6.07 Å². The molecule has 0 spiro atoms. The van der Waals surface area contributed by atoms with E-state index in [4.69, 9.17) is 10.5 Å². The van der Waals surface area contributed by atoms with E-state index in [1.165, 1.54) is 26.2 Å². The van der Waals surface area contributed by atoms with Crippen molar-refractivity contribution in [1.29, 1.82) is 0 Å². The van der Waals surface area contributed by atoms with Crippen molar-refractivity contribution < 1.29 is 18.7 Å². The molecular weight excluding hydrogens is 265 g/mol. The number of ether oxygens (including phenoxy) is 1. The van der Waals surface area contributed by atoms with E-state index in [1.807, 2.05) is 0 Å². The summed E-state index contributed by atoms with van der Waals surface area (Å²) in [5.41, 5.74) is 5.24. The Bertz CT molecular complexity index is 494. The molecule has 1 atom stereocenters. The quantitative estimate of drug-likeness (QED) is 0.516. The van der Waals surface area contributed by atoms with Crippen LogP contribution in [-0.2, 0) is 9.53 Å². The predicted molar refractivity (Wildman–Crippen MR) is 72.6 cm³/mol. The third-order valence-corrected chi connectivity index (χ3v) is 2.64. The SMILES string of the molecule is COCCNC(=O)C(C)NC(=O)c1cccc(F)c1N. The van der Waals surface area contributed by atoms with Gasteiger partial charge >= 0.3 is 0 Å². The number of anilines is 1. The summed E-state index contributed by atoms with van der Waals surface area (Å²) in [5.74, 6) is -1.63. The maximum absolute atomic E-state index is 13.2. The van der Waals surface area contributed by atoms with Crippen molar-refractivity contribution in [3.63, 3.8) is 0 Å². The van der Waals surface area contributed by atoms with Crippen LogP contribution in [0.15, 0.2) is 18.2 Å². The van der Waals surface area contributed by atoms with Gasteiger partial charge in [-0.1, -0.05) is 6.07 Å². The molecule has 1 aromatic rings. The average molecular weight is 283 g/mol. The van der Waals surface area contributed by atoms with Crippen LogP contribution >= 0.6 is 0 Å². The van der Waals surface area contributed by atoms with Crippen molar-refractivity contribution in [2.24, 2.45) is 0 Å². The number of halogens is 1. The summed E-state index contributed by atoms with van der Waals surface area (Å²) < 4.78 is 18.0. The van der Waals surface area contributed by atoms with E-state index in [-0.39, 0.29) is 17.2 Å². The van der Waals surface area contributed by atoms with Crippen LogP contribution in [0.5, 0.6) is 0 Å². The fourth-order valence-electron chi connectivity index (χ4n) is 1.50. The number of para-hydroxylation sites is 1. The Hall–Kier alpha value is -2.15. The van der Waals surface area contributed by atoms with Crippen molar-refractivity contribution >= 4 is 17.5 Å². The molecule has 0 bridgehead atoms. The molecule has 110 valence electrons. The first-order valence-corrected chi connectivity index (χ1v) is 6.09. The highest BCUT2D eigenvalue weighted by Crippen LogP contribution is 2.15. The van der Waals surface area contributed by atoms with Gasteiger partial charge in [-0.3, -0.25) is 9.59 Å². The monoisotopic (exact) mass is 283 g/mol. The lowest BCUT2D eigenvalue weighted by molar-refractivity contribution is -0.122. The molecule has 0 saturated heterocycles. The fourth-order valence-corrected chi connectivity index (χ4v) is 1.50. The number of hydrogen-bond acceptors (Lipinski definition) is 4. The number of nitrogen functional groups attached to an aromatic ring is 1. The number of hydrogen-bond donors (Lipinski definition) is 3. The number of carbonyl (C=O) groups excluding carboxylic acids is 2. The highest BCUT2D eigenvalue weighted by Gasteiger charge is 2.18. The summed E-state index contributed by atoms with van der Waals surface area (Å²) in [7, 11) is 1.52. The van der Waals surface area contributed by atoms with Gasteiger partial charge in [0.15, 0.2) is 0 Å². The van der Waals surface area contributed by atoms with Crippen LogP contribution in [0.3, 0.4) is 0 Å². The van der Waals surface area contributed by atoms with Crippen LogP contribution in [0.25, 0.3) is 0 Å². The molecular formula is C13H18FN3O3. The highest BCUT2D eigenvalue weighted by molar-refractivity contribution is 6.01. The van der Waals surface area contributed by atoms with Crippen LogP contribution in [0, 0.1) is 5.82 Å². The highest BCUT2D eigenvalue weighted by atomic mass is 19.1. The minimum absolute atomic E-state index is 0.00143. The van der Waals surface area contributed by atoms with Crippen molar-refractivity contribution in [1.82, 2.24) is 10.6 Å². The average Bonchev–Trinajstić information content (AvgIpc) is 2.41. The normalized spacial score (nSPS) is 11.8. The molecule has 0 heterocycles. The molecule has 0 saturated carbocycles. The third-order valence-electron chi connectivity index (χ3n) is 2.64. The third kappa shape index (κ3) is 4.20. The number of amides is 2. The fraction of sp³-hybridized carbons (Fsp3) is 0.385. The van der Waals surface area contributed by atoms with Crippen LogP contribution in [0.2, 0.25) is 0 Å². The second-order valence-electron chi connectivity index (χ2n) is 4.18. The second-order valence-corrected chi connectivity index (χ2v) is 4.18. The Balaban J connectivity index is 2.61. The first-order chi connectivity index (χ1) is 9.47. The van der Waals surface area contributed by atoms with Gasteiger partial charge in [0.05, 0.1) is 17.9 Å². The first-order valence-electron chi connectivity index (χ1n) is 6.09. The summed E-state index contributed by atoms with van der Waals surface area (Å²) in [6, 6.07) is 3.17. The van der Waals surface area contributed by atoms with Crippen LogP contribution in [0.1, 0.15) is 17.3 Å². The standard InChI is InChI=1S/C13H18FN3O3/c1-8(12(18)16-6-7-20-2)17-13(19)9-4-3-5-10(14)11(9)15/h3-5,8H,6-7,15H2,1-2H3,(H,16,18)(H,17,19). The number of rotatable bonds is 6. The van der Waals surface area contributed by atoms with Gasteiger partial charge in [-0.2, -0.15) is 0 Å². The molecule has 1 unspecified atom stereocenters. The minimum Gasteiger partial charge on any atom is -0.396 e. The smallest absolute Gasteiger partial charge is 0.254 e. The summed E-state index contributed by atoms with van der Waals surface area (Å²) in [6.45, 7) is 2.25. The van der Waals surface area contributed by atoms with Gasteiger partial charge in [0.25, 0.3) is 5.91 Å². The largest absolute Gasteiger partial charge is 0.396 e. The zero-order valence-corrected chi connectivity index (χ0v) is 11.4. The molecule has 0 radical (unpaired) electrons. The second kappa shape index (κ2) is 7.44. The van der Waals surface area contributed by atoms with Crippen molar-refractivity contribution in [3.8, 4) is 0 Å². The van der Waals surface area contributed by atoms with Gasteiger partial charge in [-0.15, -0.1) is 0 Å². The maximum atomic E-state index is 13.2. The van der Waals surface area contributed by atoms with E-state index < -0.39 is 17.8 Å². The molecule has 2 amide bonds. The molecule has 20 heavy (non-hydrogen) atoms. The van der Waals surface area contributed by atoms with Gasteiger partial charge in [0.2, 0.25) is 5.91 Å². The lowest BCUT2D eigenvalue weighted by atomic mass is 10.1. The summed E-state index contributed by atoms with van der Waals surface area (Å²) in [6.07, 6.45) is 0. The van der Waals surface area contributed by atoms with Crippen molar-refractivity contribution in [2.75, 3.05) is 26.0 Å². The Labute approximate surface area is 116 Å². The van der Waals surface area contributed by atoms with Crippen LogP contribution in [-0.4, -0.2) is 38.1 Å². The molecule has 0 aliphatic heterocycles. The molecule has 7 heteroatoms. The van der Waals surface area contributed by atoms with Crippen LogP contribution in [0.4, 0.5) is 10.1 Å². The Morgan fingerprint density at radius 2 is 2.15 bits per heavy atom. The van der Waals surface area contributed by atoms with Gasteiger partial charge < -0.3 is 21.1 Å². The predicted octanol–water partition coefficient (Wildman–Crippen LogP) is 0.289. The molecule has 0 aliphatic carbocycles. The van der Waals surface area contributed by atoms with E-state index in [2.05, 4.69) is 10.6 Å². The number of benzene rings is 1. The van der Waals surface area contributed by atoms with Gasteiger partial charge in [-0.25, -0.2) is 4.39 Å². The molecule has 0 aromatic heterocycles. The van der Waals surface area contributed by atoms with E-state index in [1.54, 1.807) is 0 Å². The topological polar surface area (TPSA) is 93.5 Å². The van der Waals surface area contributed by atoms with Crippen molar-refractivity contribution in [2.45, 2.75) is 13.0 Å². The molecule has 0 aliphatic rings. The van der Waals surface area contributed by atoms with Gasteiger partial charge in [0.1, 0.15) is 11.9 Å². The van der Waals surface area contributed by atoms with E-state index >= 15 is 0 Å². The number of methoxy groups -OCH3 is 1. The van der Waals surface area contributed by atoms with Gasteiger partial charge in [-0.05, 0) is 19.1 Å². The molecule has 0 fully saturated rings. The number of carbonyl (C=O) groups is 2. The van der Waals surface area contributed by atoms with Gasteiger partial charge in [0, 0.05) is 13.7 Å². The molecule has 6 nitrogen and oxygen atoms in total. The summed E-state index contributed by atoms with van der Waals surface area (Å²) in [5, 5.41) is 5.03. The van der Waals surface area contributed by atoms with Crippen molar-refractivity contribution in [3.05, 3.63) is 29.6 Å². The number of nitrogens with two attached hydrogens (primary N) is 1. The zero-order valence-electron chi connectivity index (χ0n) is 11.4. The van der Waals surface area contributed by atoms with E-state index in [9.17, 15) is 14.0 Å². The zero-order chi connectivity index (χ0) is 15.1.